The summed E-state index contributed by atoms with van der Waals surface area (Å²) in [7, 11) is 1.98. The van der Waals surface area contributed by atoms with E-state index in [1.54, 1.807) is 23.1 Å². The van der Waals surface area contributed by atoms with Gasteiger partial charge in [0.1, 0.15) is 0 Å². The van der Waals surface area contributed by atoms with Crippen molar-refractivity contribution in [1.82, 2.24) is 9.88 Å². The van der Waals surface area contributed by atoms with Gasteiger partial charge in [-0.3, -0.25) is 4.79 Å². The largest absolute Gasteiger partial charge is 0.342 e. The van der Waals surface area contributed by atoms with Crippen molar-refractivity contribution in [3.05, 3.63) is 53.1 Å². The maximum absolute atomic E-state index is 12.2. The summed E-state index contributed by atoms with van der Waals surface area (Å²) in [5.41, 5.74) is 5.32. The third-order valence-electron chi connectivity index (χ3n) is 6.64. The Morgan fingerprint density at radius 1 is 1.25 bits per heavy atom. The second kappa shape index (κ2) is 6.60. The highest BCUT2D eigenvalue weighted by molar-refractivity contribution is 8.01. The SMILES string of the molecule is Cc1cccc2sc(Sc3ccc4c(c3)CCC3N(C)C(=O)CC[C@]43C)nc12. The van der Waals surface area contributed by atoms with Crippen LogP contribution in [0.1, 0.15) is 42.9 Å². The summed E-state index contributed by atoms with van der Waals surface area (Å²) in [5.74, 6) is 0.296. The monoisotopic (exact) mass is 408 g/mol. The molecule has 1 aliphatic heterocycles. The number of nitrogens with zero attached hydrogens (tertiary/aromatic N) is 2. The average molecular weight is 409 g/mol. The standard InChI is InChI=1S/C23H24N2OS2/c1-14-5-4-6-18-21(14)24-22(28-18)27-16-8-9-17-15(13-16)7-10-19-23(17,2)12-11-20(26)25(19)3/h4-6,8-9,13,19H,7,10-12H2,1-3H3/t19?,23-/m1/s1. The molecule has 2 atom stereocenters. The number of likely N-dealkylation sites (tertiary alicyclic amines) is 1. The molecular formula is C23H24N2OS2. The Labute approximate surface area is 174 Å². The van der Waals surface area contributed by atoms with Crippen LogP contribution in [0.25, 0.3) is 10.2 Å². The summed E-state index contributed by atoms with van der Waals surface area (Å²) in [6.45, 7) is 4.47. The van der Waals surface area contributed by atoms with Crippen molar-refractivity contribution in [3.63, 3.8) is 0 Å². The summed E-state index contributed by atoms with van der Waals surface area (Å²) in [5, 5.41) is 0. The number of para-hydroxylation sites is 1. The fourth-order valence-electron chi connectivity index (χ4n) is 5.04. The Morgan fingerprint density at radius 2 is 2.11 bits per heavy atom. The number of hydrogen-bond acceptors (Lipinski definition) is 4. The summed E-state index contributed by atoms with van der Waals surface area (Å²) >= 11 is 3.54. The zero-order valence-corrected chi connectivity index (χ0v) is 18.1. The summed E-state index contributed by atoms with van der Waals surface area (Å²) < 4.78 is 2.36. The van der Waals surface area contributed by atoms with Crippen LogP contribution in [-0.4, -0.2) is 28.9 Å². The van der Waals surface area contributed by atoms with E-state index in [1.165, 1.54) is 26.3 Å². The first-order chi connectivity index (χ1) is 13.5. The van der Waals surface area contributed by atoms with Crippen molar-refractivity contribution in [2.24, 2.45) is 0 Å². The number of carbonyl (C=O) groups is 1. The third-order valence-corrected chi connectivity index (χ3v) is 8.71. The average Bonchev–Trinajstić information content (AvgIpc) is 3.09. The number of benzene rings is 2. The van der Waals surface area contributed by atoms with Gasteiger partial charge in [0.25, 0.3) is 0 Å². The second-order valence-corrected chi connectivity index (χ2v) is 10.7. The Kier molecular flexibility index (Phi) is 4.29. The zero-order valence-electron chi connectivity index (χ0n) is 16.5. The zero-order chi connectivity index (χ0) is 19.5. The molecule has 2 heterocycles. The van der Waals surface area contributed by atoms with Crippen LogP contribution in [0.15, 0.2) is 45.6 Å². The Bertz CT molecular complexity index is 1090. The molecule has 0 bridgehead atoms. The minimum atomic E-state index is 0.0758. The molecule has 2 aliphatic rings. The number of aromatic nitrogens is 1. The molecule has 5 rings (SSSR count). The van der Waals surface area contributed by atoms with Crippen LogP contribution in [0.3, 0.4) is 0 Å². The van der Waals surface area contributed by atoms with Crippen molar-refractivity contribution >= 4 is 39.2 Å². The van der Waals surface area contributed by atoms with Crippen LogP contribution in [0, 0.1) is 6.92 Å². The van der Waals surface area contributed by atoms with Crippen LogP contribution >= 0.6 is 23.1 Å². The smallest absolute Gasteiger partial charge is 0.222 e. The van der Waals surface area contributed by atoms with Crippen LogP contribution in [-0.2, 0) is 16.6 Å². The van der Waals surface area contributed by atoms with Gasteiger partial charge in [-0.2, -0.15) is 0 Å². The molecule has 1 saturated heterocycles. The molecule has 0 N–H and O–H groups in total. The number of fused-ring (bicyclic) bond motifs is 4. The van der Waals surface area contributed by atoms with Crippen molar-refractivity contribution in [2.75, 3.05) is 7.05 Å². The quantitative estimate of drug-likeness (QED) is 0.555. The molecular weight excluding hydrogens is 384 g/mol. The topological polar surface area (TPSA) is 33.2 Å². The van der Waals surface area contributed by atoms with Crippen LogP contribution in [0.5, 0.6) is 0 Å². The van der Waals surface area contributed by atoms with Gasteiger partial charge < -0.3 is 4.90 Å². The minimum absolute atomic E-state index is 0.0758. The Balaban J connectivity index is 1.46. The fraction of sp³-hybridized carbons (Fsp3) is 0.391. The van der Waals surface area contributed by atoms with Gasteiger partial charge in [0, 0.05) is 29.8 Å². The van der Waals surface area contributed by atoms with Gasteiger partial charge in [-0.1, -0.05) is 36.9 Å². The number of hydrogen-bond donors (Lipinski definition) is 0. The van der Waals surface area contributed by atoms with Gasteiger partial charge in [-0.15, -0.1) is 11.3 Å². The van der Waals surface area contributed by atoms with E-state index in [0.717, 1.165) is 29.1 Å². The molecule has 1 aromatic heterocycles. The highest BCUT2D eigenvalue weighted by atomic mass is 32.2. The second-order valence-electron chi connectivity index (χ2n) is 8.30. The molecule has 1 aliphatic carbocycles. The van der Waals surface area contributed by atoms with Crippen molar-refractivity contribution in [3.8, 4) is 0 Å². The van der Waals surface area contributed by atoms with E-state index in [1.807, 2.05) is 11.9 Å². The lowest BCUT2D eigenvalue weighted by atomic mass is 9.63. The minimum Gasteiger partial charge on any atom is -0.342 e. The number of likely N-dealkylation sites (N-methyl/N-ethyl adjacent to an activating group) is 1. The van der Waals surface area contributed by atoms with E-state index < -0.39 is 0 Å². The molecule has 1 fully saturated rings. The van der Waals surface area contributed by atoms with Gasteiger partial charge in [0.2, 0.25) is 5.91 Å². The van der Waals surface area contributed by atoms with Crippen LogP contribution < -0.4 is 0 Å². The maximum atomic E-state index is 12.2. The predicted octanol–water partition coefficient (Wildman–Crippen LogP) is 5.58. The van der Waals surface area contributed by atoms with E-state index in [9.17, 15) is 4.79 Å². The molecule has 0 radical (unpaired) electrons. The number of carbonyl (C=O) groups excluding carboxylic acids is 1. The lowest BCUT2D eigenvalue weighted by molar-refractivity contribution is -0.138. The number of amides is 1. The molecule has 1 unspecified atom stereocenters. The molecule has 144 valence electrons. The molecule has 28 heavy (non-hydrogen) atoms. The molecule has 3 nitrogen and oxygen atoms in total. The van der Waals surface area contributed by atoms with Crippen LogP contribution in [0.2, 0.25) is 0 Å². The Hall–Kier alpha value is -1.85. The van der Waals surface area contributed by atoms with E-state index in [2.05, 4.69) is 50.2 Å². The molecule has 0 saturated carbocycles. The van der Waals surface area contributed by atoms with Crippen LogP contribution in [0.4, 0.5) is 0 Å². The summed E-state index contributed by atoms with van der Waals surface area (Å²) in [6, 6.07) is 13.6. The summed E-state index contributed by atoms with van der Waals surface area (Å²) in [4.78, 5) is 20.3. The van der Waals surface area contributed by atoms with Crippen molar-refractivity contribution < 1.29 is 4.79 Å². The maximum Gasteiger partial charge on any atom is 0.222 e. The lowest BCUT2D eigenvalue weighted by Gasteiger charge is -2.50. The number of piperidine rings is 1. The van der Waals surface area contributed by atoms with Crippen molar-refractivity contribution in [1.29, 1.82) is 0 Å². The molecule has 2 aromatic carbocycles. The van der Waals surface area contributed by atoms with E-state index >= 15 is 0 Å². The number of aryl methyl sites for hydroxylation is 2. The van der Waals surface area contributed by atoms with Gasteiger partial charge in [0.05, 0.1) is 10.2 Å². The Morgan fingerprint density at radius 3 is 2.93 bits per heavy atom. The first kappa shape index (κ1) is 18.2. The molecule has 0 spiro atoms. The first-order valence-electron chi connectivity index (χ1n) is 9.89. The van der Waals surface area contributed by atoms with Gasteiger partial charge in [0.15, 0.2) is 4.34 Å². The highest BCUT2D eigenvalue weighted by Gasteiger charge is 2.46. The van der Waals surface area contributed by atoms with Gasteiger partial charge >= 0.3 is 0 Å². The first-order valence-corrected chi connectivity index (χ1v) is 11.5. The third kappa shape index (κ3) is 2.79. The lowest BCUT2D eigenvalue weighted by Crippen LogP contribution is -2.56. The van der Waals surface area contributed by atoms with Gasteiger partial charge in [-0.25, -0.2) is 4.98 Å². The molecule has 5 heteroatoms. The normalized spacial score (nSPS) is 24.3. The molecule has 1 amide bonds. The molecule has 3 aromatic rings. The highest BCUT2D eigenvalue weighted by Crippen LogP contribution is 2.47. The van der Waals surface area contributed by atoms with E-state index in [-0.39, 0.29) is 5.41 Å². The number of thiazole rings is 1. The van der Waals surface area contributed by atoms with E-state index in [4.69, 9.17) is 4.98 Å². The number of rotatable bonds is 2. The van der Waals surface area contributed by atoms with E-state index in [0.29, 0.717) is 18.4 Å². The predicted molar refractivity (Wildman–Crippen MR) is 116 cm³/mol. The van der Waals surface area contributed by atoms with Crippen molar-refractivity contribution in [2.45, 2.75) is 60.2 Å². The fourth-order valence-corrected chi connectivity index (χ4v) is 7.21. The van der Waals surface area contributed by atoms with Gasteiger partial charge in [-0.05, 0) is 61.1 Å². The summed E-state index contributed by atoms with van der Waals surface area (Å²) in [6.07, 6.45) is 3.71.